The Balaban J connectivity index is 1.74. The highest BCUT2D eigenvalue weighted by Gasteiger charge is 2.19. The Labute approximate surface area is 191 Å². The summed E-state index contributed by atoms with van der Waals surface area (Å²) in [5, 5.41) is 3.01. The van der Waals surface area contributed by atoms with Crippen LogP contribution in [0, 0.1) is 20.8 Å². The zero-order valence-corrected chi connectivity index (χ0v) is 20.0. The number of aryl methyl sites for hydroxylation is 3. The van der Waals surface area contributed by atoms with Crippen molar-refractivity contribution in [1.82, 2.24) is 5.32 Å². The van der Waals surface area contributed by atoms with Gasteiger partial charge in [0.2, 0.25) is 10.0 Å². The number of carbonyl (C=O) groups excluding carboxylic acids is 1. The molecule has 1 atom stereocenters. The van der Waals surface area contributed by atoms with Gasteiger partial charge in [0.05, 0.1) is 24.5 Å². The van der Waals surface area contributed by atoms with Gasteiger partial charge in [-0.25, -0.2) is 8.42 Å². The molecule has 5 nitrogen and oxygen atoms in total. The maximum atomic E-state index is 12.7. The van der Waals surface area contributed by atoms with Crippen molar-refractivity contribution in [2.24, 2.45) is 0 Å². The third-order valence-corrected chi connectivity index (χ3v) is 6.50. The third kappa shape index (κ3) is 5.98. The molecule has 6 heteroatoms. The molecule has 168 valence electrons. The largest absolute Gasteiger partial charge is 0.346 e. The molecule has 0 heterocycles. The quantitative estimate of drug-likeness (QED) is 0.547. The molecule has 3 aromatic carbocycles. The van der Waals surface area contributed by atoms with Gasteiger partial charge in [-0.2, -0.15) is 0 Å². The highest BCUT2D eigenvalue weighted by Crippen LogP contribution is 2.24. The van der Waals surface area contributed by atoms with Crippen molar-refractivity contribution in [2.75, 3.05) is 10.6 Å². The standard InChI is InChI=1S/C26H30N2O3S/c1-18-6-10-23(11-7-18)21(4)27-26(29)24-12-8-22(9-13-24)17-28(32(5,30)31)25-15-19(2)14-20(3)16-25/h6-16,21H,17H2,1-5H3,(H,27,29). The molecule has 32 heavy (non-hydrogen) atoms. The summed E-state index contributed by atoms with van der Waals surface area (Å²) in [6.07, 6.45) is 1.21. The van der Waals surface area contributed by atoms with E-state index in [1.807, 2.05) is 70.2 Å². The van der Waals surface area contributed by atoms with Gasteiger partial charge in [0.1, 0.15) is 0 Å². The molecule has 3 aromatic rings. The molecular weight excluding hydrogens is 420 g/mol. The van der Waals surface area contributed by atoms with Crippen LogP contribution in [0.3, 0.4) is 0 Å². The summed E-state index contributed by atoms with van der Waals surface area (Å²) in [6, 6.07) is 20.7. The van der Waals surface area contributed by atoms with Gasteiger partial charge in [0.15, 0.2) is 0 Å². The van der Waals surface area contributed by atoms with E-state index in [4.69, 9.17) is 0 Å². The van der Waals surface area contributed by atoms with Gasteiger partial charge in [0.25, 0.3) is 5.91 Å². The van der Waals surface area contributed by atoms with E-state index in [9.17, 15) is 13.2 Å². The molecule has 0 spiro atoms. The number of nitrogens with one attached hydrogen (secondary N) is 1. The fourth-order valence-electron chi connectivity index (χ4n) is 3.64. The lowest BCUT2D eigenvalue weighted by molar-refractivity contribution is 0.0940. The van der Waals surface area contributed by atoms with Crippen LogP contribution in [0.1, 0.15) is 51.1 Å². The molecule has 0 saturated heterocycles. The molecule has 0 aromatic heterocycles. The van der Waals surface area contributed by atoms with Crippen LogP contribution < -0.4 is 9.62 Å². The van der Waals surface area contributed by atoms with Gasteiger partial charge in [0, 0.05) is 5.56 Å². The second kappa shape index (κ2) is 9.57. The average molecular weight is 451 g/mol. The lowest BCUT2D eigenvalue weighted by Gasteiger charge is -2.23. The summed E-state index contributed by atoms with van der Waals surface area (Å²) in [5.74, 6) is -0.168. The van der Waals surface area contributed by atoms with Crippen LogP contribution in [0.25, 0.3) is 0 Å². The van der Waals surface area contributed by atoms with E-state index in [0.29, 0.717) is 11.3 Å². The summed E-state index contributed by atoms with van der Waals surface area (Å²) in [6.45, 7) is 8.07. The minimum absolute atomic E-state index is 0.118. The smallest absolute Gasteiger partial charge is 0.251 e. The highest BCUT2D eigenvalue weighted by atomic mass is 32.2. The SMILES string of the molecule is Cc1ccc(C(C)NC(=O)c2ccc(CN(c3cc(C)cc(C)c3)S(C)(=O)=O)cc2)cc1. The molecule has 0 fully saturated rings. The number of hydrogen-bond acceptors (Lipinski definition) is 3. The van der Waals surface area contributed by atoms with E-state index >= 15 is 0 Å². The minimum Gasteiger partial charge on any atom is -0.346 e. The Morgan fingerprint density at radius 2 is 1.44 bits per heavy atom. The van der Waals surface area contributed by atoms with Crippen LogP contribution >= 0.6 is 0 Å². The summed E-state index contributed by atoms with van der Waals surface area (Å²) >= 11 is 0. The molecule has 1 amide bonds. The van der Waals surface area contributed by atoms with Gasteiger partial charge >= 0.3 is 0 Å². The molecule has 3 rings (SSSR count). The number of sulfonamides is 1. The Bertz CT molecular complexity index is 1180. The molecular formula is C26H30N2O3S. The third-order valence-electron chi connectivity index (χ3n) is 5.36. The van der Waals surface area contributed by atoms with Crippen LogP contribution in [0.15, 0.2) is 66.7 Å². The summed E-state index contributed by atoms with van der Waals surface area (Å²) in [7, 11) is -3.47. The second-order valence-corrected chi connectivity index (χ2v) is 10.3. The molecule has 1 unspecified atom stereocenters. The molecule has 1 N–H and O–H groups in total. The summed E-state index contributed by atoms with van der Waals surface area (Å²) in [5.41, 5.74) is 6.19. The van der Waals surface area contributed by atoms with Crippen LogP contribution in [0.5, 0.6) is 0 Å². The van der Waals surface area contributed by atoms with Crippen molar-refractivity contribution >= 4 is 21.6 Å². The van der Waals surface area contributed by atoms with Gasteiger partial charge < -0.3 is 5.32 Å². The second-order valence-electron chi connectivity index (χ2n) is 8.42. The maximum Gasteiger partial charge on any atom is 0.251 e. The summed E-state index contributed by atoms with van der Waals surface area (Å²) in [4.78, 5) is 12.7. The van der Waals surface area contributed by atoms with E-state index in [2.05, 4.69) is 5.32 Å². The number of hydrogen-bond donors (Lipinski definition) is 1. The van der Waals surface area contributed by atoms with Crippen molar-refractivity contribution in [3.63, 3.8) is 0 Å². The lowest BCUT2D eigenvalue weighted by atomic mass is 10.1. The Hall–Kier alpha value is -3.12. The summed E-state index contributed by atoms with van der Waals surface area (Å²) < 4.78 is 26.3. The van der Waals surface area contributed by atoms with Gasteiger partial charge in [-0.05, 0) is 74.2 Å². The molecule has 0 bridgehead atoms. The number of amides is 1. The van der Waals surface area contributed by atoms with Crippen molar-refractivity contribution in [3.05, 3.63) is 100 Å². The monoisotopic (exact) mass is 450 g/mol. The van der Waals surface area contributed by atoms with Gasteiger partial charge in [-0.15, -0.1) is 0 Å². The number of rotatable bonds is 7. The zero-order valence-electron chi connectivity index (χ0n) is 19.2. The highest BCUT2D eigenvalue weighted by molar-refractivity contribution is 7.92. The first kappa shape index (κ1) is 23.5. The predicted octanol–water partition coefficient (Wildman–Crippen LogP) is 5.07. The number of anilines is 1. The number of nitrogens with zero attached hydrogens (tertiary/aromatic N) is 1. The first-order valence-electron chi connectivity index (χ1n) is 10.6. The van der Waals surface area contributed by atoms with E-state index in [-0.39, 0.29) is 18.5 Å². The zero-order chi connectivity index (χ0) is 23.5. The average Bonchev–Trinajstić information content (AvgIpc) is 2.71. The molecule has 0 radical (unpaired) electrons. The van der Waals surface area contributed by atoms with E-state index < -0.39 is 10.0 Å². The van der Waals surface area contributed by atoms with E-state index in [1.165, 1.54) is 16.1 Å². The molecule has 0 saturated carbocycles. The van der Waals surface area contributed by atoms with Gasteiger partial charge in [-0.3, -0.25) is 9.10 Å². The Morgan fingerprint density at radius 3 is 1.97 bits per heavy atom. The van der Waals surface area contributed by atoms with Crippen molar-refractivity contribution in [1.29, 1.82) is 0 Å². The normalized spacial score (nSPS) is 12.3. The Kier molecular flexibility index (Phi) is 7.04. The van der Waals surface area contributed by atoms with Crippen LogP contribution in [-0.2, 0) is 16.6 Å². The van der Waals surface area contributed by atoms with Crippen LogP contribution in [0.4, 0.5) is 5.69 Å². The fourth-order valence-corrected chi connectivity index (χ4v) is 4.51. The fraction of sp³-hybridized carbons (Fsp3) is 0.269. The Morgan fingerprint density at radius 1 is 0.875 bits per heavy atom. The predicted molar refractivity (Wildman–Crippen MR) is 130 cm³/mol. The number of benzene rings is 3. The minimum atomic E-state index is -3.47. The molecule has 0 aliphatic heterocycles. The topological polar surface area (TPSA) is 66.5 Å². The maximum absolute atomic E-state index is 12.7. The first-order chi connectivity index (χ1) is 15.0. The van der Waals surface area contributed by atoms with Crippen molar-refractivity contribution in [3.8, 4) is 0 Å². The van der Waals surface area contributed by atoms with E-state index in [1.54, 1.807) is 24.3 Å². The van der Waals surface area contributed by atoms with Crippen LogP contribution in [-0.4, -0.2) is 20.6 Å². The first-order valence-corrected chi connectivity index (χ1v) is 12.4. The van der Waals surface area contributed by atoms with Crippen LogP contribution in [0.2, 0.25) is 0 Å². The van der Waals surface area contributed by atoms with Crippen molar-refractivity contribution < 1.29 is 13.2 Å². The number of carbonyl (C=O) groups is 1. The van der Waals surface area contributed by atoms with E-state index in [0.717, 1.165) is 22.3 Å². The molecule has 0 aliphatic rings. The van der Waals surface area contributed by atoms with Crippen molar-refractivity contribution in [2.45, 2.75) is 40.3 Å². The lowest BCUT2D eigenvalue weighted by Crippen LogP contribution is -2.29. The molecule has 0 aliphatic carbocycles. The van der Waals surface area contributed by atoms with Gasteiger partial charge in [-0.1, -0.05) is 48.0 Å².